The molecule has 0 radical (unpaired) electrons. The largest absolute Gasteiger partial charge is 0.445 e. The molecule has 1 saturated heterocycles. The Kier molecular flexibility index (Phi) is 6.21. The number of rotatable bonds is 6. The summed E-state index contributed by atoms with van der Waals surface area (Å²) in [4.78, 5) is 13.8. The highest BCUT2D eigenvalue weighted by atomic mass is 32.2. The molecule has 0 bridgehead atoms. The van der Waals surface area contributed by atoms with Gasteiger partial charge in [0.1, 0.15) is 6.61 Å². The van der Waals surface area contributed by atoms with Crippen LogP contribution in [0.15, 0.2) is 30.3 Å². The lowest BCUT2D eigenvalue weighted by Gasteiger charge is -2.16. The minimum atomic E-state index is -0.194. The lowest BCUT2D eigenvalue weighted by Crippen LogP contribution is -2.29. The normalized spacial score (nSPS) is 18.2. The molecule has 1 unspecified atom stereocenters. The molecule has 1 fully saturated rings. The monoisotopic (exact) mass is 294 g/mol. The number of ether oxygens (including phenoxy) is 1. The molecule has 1 aromatic carbocycles. The lowest BCUT2D eigenvalue weighted by molar-refractivity contribution is 0.103. The van der Waals surface area contributed by atoms with E-state index >= 15 is 0 Å². The number of hydrogen-bond acceptors (Lipinski definition) is 4. The second-order valence-corrected chi connectivity index (χ2v) is 6.15. The fourth-order valence-electron chi connectivity index (χ4n) is 2.28. The first-order valence-electron chi connectivity index (χ1n) is 7.03. The van der Waals surface area contributed by atoms with Crippen molar-refractivity contribution >= 4 is 17.9 Å². The van der Waals surface area contributed by atoms with Gasteiger partial charge in [-0.3, -0.25) is 0 Å². The van der Waals surface area contributed by atoms with Crippen LogP contribution < -0.4 is 5.73 Å². The van der Waals surface area contributed by atoms with Crippen LogP contribution in [0, 0.1) is 5.92 Å². The van der Waals surface area contributed by atoms with E-state index in [9.17, 15) is 4.79 Å². The maximum atomic E-state index is 12.0. The van der Waals surface area contributed by atoms with Crippen molar-refractivity contribution in [1.29, 1.82) is 0 Å². The Labute approximate surface area is 124 Å². The molecule has 1 aliphatic heterocycles. The van der Waals surface area contributed by atoms with E-state index in [2.05, 4.69) is 0 Å². The van der Waals surface area contributed by atoms with E-state index in [-0.39, 0.29) is 6.09 Å². The quantitative estimate of drug-likeness (QED) is 0.818. The third-order valence-electron chi connectivity index (χ3n) is 3.36. The highest BCUT2D eigenvalue weighted by Crippen LogP contribution is 2.21. The van der Waals surface area contributed by atoms with Crippen molar-refractivity contribution in [2.45, 2.75) is 13.0 Å². The van der Waals surface area contributed by atoms with Crippen LogP contribution in [0.3, 0.4) is 0 Å². The van der Waals surface area contributed by atoms with E-state index in [1.165, 1.54) is 0 Å². The maximum Gasteiger partial charge on any atom is 0.410 e. The summed E-state index contributed by atoms with van der Waals surface area (Å²) in [5.74, 6) is 2.66. The first-order valence-corrected chi connectivity index (χ1v) is 8.18. The molecule has 1 heterocycles. The number of nitrogens with two attached hydrogens (primary N) is 1. The van der Waals surface area contributed by atoms with E-state index in [0.29, 0.717) is 12.5 Å². The summed E-state index contributed by atoms with van der Waals surface area (Å²) in [6, 6.07) is 9.77. The van der Waals surface area contributed by atoms with Gasteiger partial charge in [-0.25, -0.2) is 4.79 Å². The molecule has 0 aliphatic carbocycles. The minimum Gasteiger partial charge on any atom is -0.445 e. The van der Waals surface area contributed by atoms with Crippen LogP contribution in [0.25, 0.3) is 0 Å². The fourth-order valence-corrected chi connectivity index (χ4v) is 3.22. The number of carbonyl (C=O) groups is 1. The van der Waals surface area contributed by atoms with Crippen LogP contribution >= 0.6 is 11.8 Å². The minimum absolute atomic E-state index is 0.194. The summed E-state index contributed by atoms with van der Waals surface area (Å²) < 4.78 is 5.35. The molecule has 4 nitrogen and oxygen atoms in total. The predicted octanol–water partition coefficient (Wildman–Crippen LogP) is 2.34. The Morgan fingerprint density at radius 1 is 1.40 bits per heavy atom. The highest BCUT2D eigenvalue weighted by Gasteiger charge is 2.26. The van der Waals surface area contributed by atoms with Crippen molar-refractivity contribution in [2.24, 2.45) is 11.7 Å². The number of benzene rings is 1. The molecule has 1 aromatic rings. The van der Waals surface area contributed by atoms with Gasteiger partial charge < -0.3 is 15.4 Å². The van der Waals surface area contributed by atoms with Gasteiger partial charge in [-0.2, -0.15) is 11.8 Å². The number of thioether (sulfide) groups is 1. The van der Waals surface area contributed by atoms with Crippen molar-refractivity contribution in [3.8, 4) is 0 Å². The van der Waals surface area contributed by atoms with Crippen LogP contribution in [0.1, 0.15) is 12.0 Å². The summed E-state index contributed by atoms with van der Waals surface area (Å²) >= 11 is 1.87. The Morgan fingerprint density at radius 2 is 2.20 bits per heavy atom. The zero-order valence-electron chi connectivity index (χ0n) is 11.7. The molecule has 5 heteroatoms. The zero-order valence-corrected chi connectivity index (χ0v) is 12.5. The standard InChI is InChI=1S/C15H22N2O2S/c16-7-9-20-12-14-6-8-17(10-14)15(18)19-11-13-4-2-1-3-5-13/h1-5,14H,6-12,16H2. The molecule has 0 spiro atoms. The summed E-state index contributed by atoms with van der Waals surface area (Å²) in [6.07, 6.45) is 0.873. The molecule has 20 heavy (non-hydrogen) atoms. The number of amides is 1. The predicted molar refractivity (Wildman–Crippen MR) is 82.7 cm³/mol. The van der Waals surface area contributed by atoms with E-state index in [1.807, 2.05) is 47.0 Å². The molecule has 1 aliphatic rings. The molecule has 110 valence electrons. The maximum absolute atomic E-state index is 12.0. The summed E-state index contributed by atoms with van der Waals surface area (Å²) in [5, 5.41) is 0. The first-order chi connectivity index (χ1) is 9.79. The Hall–Kier alpha value is -1.20. The van der Waals surface area contributed by atoms with Gasteiger partial charge in [-0.15, -0.1) is 0 Å². The average molecular weight is 294 g/mol. The van der Waals surface area contributed by atoms with Gasteiger partial charge in [0.2, 0.25) is 0 Å². The second-order valence-electron chi connectivity index (χ2n) is 5.00. The lowest BCUT2D eigenvalue weighted by atomic mass is 10.2. The summed E-state index contributed by atoms with van der Waals surface area (Å²) in [6.45, 7) is 2.69. The topological polar surface area (TPSA) is 55.6 Å². The highest BCUT2D eigenvalue weighted by molar-refractivity contribution is 7.99. The molecule has 2 rings (SSSR count). The van der Waals surface area contributed by atoms with Gasteiger partial charge >= 0.3 is 6.09 Å². The molecular weight excluding hydrogens is 272 g/mol. The molecule has 0 aromatic heterocycles. The number of nitrogens with zero attached hydrogens (tertiary/aromatic N) is 1. The molecule has 0 saturated carbocycles. The molecule has 2 N–H and O–H groups in total. The van der Waals surface area contributed by atoms with Crippen LogP contribution in [0.4, 0.5) is 4.79 Å². The van der Waals surface area contributed by atoms with Crippen LogP contribution in [-0.4, -0.2) is 42.1 Å². The van der Waals surface area contributed by atoms with Crippen molar-refractivity contribution in [2.75, 3.05) is 31.1 Å². The first kappa shape index (κ1) is 15.2. The van der Waals surface area contributed by atoms with Crippen molar-refractivity contribution in [3.05, 3.63) is 35.9 Å². The second kappa shape index (κ2) is 8.17. The van der Waals surface area contributed by atoms with Crippen molar-refractivity contribution in [3.63, 3.8) is 0 Å². The third-order valence-corrected chi connectivity index (χ3v) is 4.60. The van der Waals surface area contributed by atoms with Crippen molar-refractivity contribution < 1.29 is 9.53 Å². The SMILES string of the molecule is NCCSCC1CCN(C(=O)OCc2ccccc2)C1. The fraction of sp³-hybridized carbons (Fsp3) is 0.533. The van der Waals surface area contributed by atoms with E-state index < -0.39 is 0 Å². The zero-order chi connectivity index (χ0) is 14.2. The van der Waals surface area contributed by atoms with E-state index in [4.69, 9.17) is 10.5 Å². The molecular formula is C15H22N2O2S. The molecule has 1 amide bonds. The van der Waals surface area contributed by atoms with E-state index in [0.717, 1.165) is 43.1 Å². The Morgan fingerprint density at radius 3 is 2.95 bits per heavy atom. The third kappa shape index (κ3) is 4.72. The number of hydrogen-bond donors (Lipinski definition) is 1. The van der Waals surface area contributed by atoms with Crippen LogP contribution in [-0.2, 0) is 11.3 Å². The Bertz CT molecular complexity index is 414. The van der Waals surface area contributed by atoms with Gasteiger partial charge in [0.05, 0.1) is 0 Å². The smallest absolute Gasteiger partial charge is 0.410 e. The average Bonchev–Trinajstić information content (AvgIpc) is 2.95. The van der Waals surface area contributed by atoms with Crippen LogP contribution in [0.2, 0.25) is 0 Å². The number of likely N-dealkylation sites (tertiary alicyclic amines) is 1. The molecule has 1 atom stereocenters. The Balaban J connectivity index is 1.69. The van der Waals surface area contributed by atoms with Gasteiger partial charge in [-0.1, -0.05) is 30.3 Å². The van der Waals surface area contributed by atoms with Gasteiger partial charge in [-0.05, 0) is 23.7 Å². The van der Waals surface area contributed by atoms with Gasteiger partial charge in [0.15, 0.2) is 0 Å². The van der Waals surface area contributed by atoms with Gasteiger partial charge in [0, 0.05) is 25.4 Å². The van der Waals surface area contributed by atoms with E-state index in [1.54, 1.807) is 0 Å². The van der Waals surface area contributed by atoms with Crippen LogP contribution in [0.5, 0.6) is 0 Å². The summed E-state index contributed by atoms with van der Waals surface area (Å²) in [5.41, 5.74) is 6.50. The summed E-state index contributed by atoms with van der Waals surface area (Å²) in [7, 11) is 0. The number of carbonyl (C=O) groups excluding carboxylic acids is 1. The van der Waals surface area contributed by atoms with Crippen molar-refractivity contribution in [1.82, 2.24) is 4.90 Å². The van der Waals surface area contributed by atoms with Gasteiger partial charge in [0.25, 0.3) is 0 Å².